The highest BCUT2D eigenvalue weighted by Crippen LogP contribution is 2.43. The van der Waals surface area contributed by atoms with Gasteiger partial charge in [0.05, 0.1) is 25.2 Å². The number of rotatable bonds is 13. The second-order valence-corrected chi connectivity index (χ2v) is 25.2. The average Bonchev–Trinajstić information content (AvgIpc) is 3.49. The highest BCUT2D eigenvalue weighted by molar-refractivity contribution is 7.00. The first-order valence-electron chi connectivity index (χ1n) is 18.8. The molecule has 0 saturated carbocycles. The zero-order valence-electron chi connectivity index (χ0n) is 32.0. The predicted molar refractivity (Wildman–Crippen MR) is 220 cm³/mol. The summed E-state index contributed by atoms with van der Waals surface area (Å²) in [6, 6.07) is 51.9. The van der Waals surface area contributed by atoms with E-state index >= 15 is 0 Å². The van der Waals surface area contributed by atoms with E-state index in [1.165, 1.54) is 0 Å². The molecule has 1 N–H and O–H groups in total. The van der Waals surface area contributed by atoms with Gasteiger partial charge in [-0.05, 0) is 42.8 Å². The minimum Gasteiger partial charge on any atom is -0.454 e. The number of aliphatic hydroxyl groups excluding tert-OH is 1. The minimum absolute atomic E-state index is 0.124. The number of hydrogen-bond acceptors (Lipinski definition) is 5. The Morgan fingerprint density at radius 2 is 0.925 bits per heavy atom. The van der Waals surface area contributed by atoms with Crippen LogP contribution >= 0.6 is 0 Å². The molecule has 0 spiro atoms. The molecule has 1 fully saturated rings. The van der Waals surface area contributed by atoms with E-state index in [-0.39, 0.29) is 29.7 Å². The molecule has 1 heterocycles. The summed E-state index contributed by atoms with van der Waals surface area (Å²) < 4.78 is 21.6. The standard InChI is InChI=1S/C46H54O5Si2/c1-44(2,3)52(37-24-14-8-15-25-37,38-26-16-9-17-27-38)49-34-46(33-41(43(48)51-46)42(47)32-36-22-12-7-13-23-36)35-50-53(45(4,5)6,39-28-18-10-19-29-39)40-30-20-11-21-31-40/h7-31,41-42,47H,32-35H2,1-6H3. The summed E-state index contributed by atoms with van der Waals surface area (Å²) in [4.78, 5) is 14.1. The molecule has 2 unspecified atom stereocenters. The molecule has 7 heteroatoms. The third-order valence-corrected chi connectivity index (χ3v) is 20.9. The van der Waals surface area contributed by atoms with Gasteiger partial charge in [-0.25, -0.2) is 0 Å². The van der Waals surface area contributed by atoms with E-state index in [9.17, 15) is 9.90 Å². The van der Waals surface area contributed by atoms with Gasteiger partial charge in [0.1, 0.15) is 0 Å². The lowest BCUT2D eigenvalue weighted by atomic mass is 9.88. The molecule has 5 nitrogen and oxygen atoms in total. The molecule has 2 atom stereocenters. The van der Waals surface area contributed by atoms with E-state index in [4.69, 9.17) is 13.6 Å². The third-order valence-electron chi connectivity index (χ3n) is 10.9. The number of carbonyl (C=O) groups is 1. The van der Waals surface area contributed by atoms with Crippen molar-refractivity contribution in [1.82, 2.24) is 0 Å². The fraction of sp³-hybridized carbons (Fsp3) is 0.326. The molecule has 0 bridgehead atoms. The van der Waals surface area contributed by atoms with Crippen molar-refractivity contribution >= 4 is 43.4 Å². The topological polar surface area (TPSA) is 65.0 Å². The number of aliphatic hydroxyl groups is 1. The van der Waals surface area contributed by atoms with Crippen LogP contribution in [0.3, 0.4) is 0 Å². The van der Waals surface area contributed by atoms with Gasteiger partial charge < -0.3 is 18.7 Å². The number of cyclic esters (lactones) is 1. The summed E-state index contributed by atoms with van der Waals surface area (Å²) in [6.07, 6.45) is -0.301. The Kier molecular flexibility index (Phi) is 11.4. The second kappa shape index (κ2) is 15.7. The lowest BCUT2D eigenvalue weighted by Gasteiger charge is -2.47. The summed E-state index contributed by atoms with van der Waals surface area (Å²) in [6.45, 7) is 13.7. The zero-order chi connectivity index (χ0) is 37.7. The Labute approximate surface area is 318 Å². The van der Waals surface area contributed by atoms with Crippen molar-refractivity contribution in [3.8, 4) is 0 Å². The molecule has 1 aliphatic rings. The summed E-state index contributed by atoms with van der Waals surface area (Å²) >= 11 is 0. The monoisotopic (exact) mass is 742 g/mol. The van der Waals surface area contributed by atoms with Crippen LogP contribution in [0.1, 0.15) is 53.5 Å². The van der Waals surface area contributed by atoms with E-state index in [0.717, 1.165) is 26.3 Å². The quantitative estimate of drug-likeness (QED) is 0.104. The van der Waals surface area contributed by atoms with Crippen LogP contribution < -0.4 is 20.7 Å². The van der Waals surface area contributed by atoms with E-state index in [1.54, 1.807) is 0 Å². The molecule has 0 aliphatic carbocycles. The van der Waals surface area contributed by atoms with Crippen molar-refractivity contribution in [3.05, 3.63) is 157 Å². The van der Waals surface area contributed by atoms with Gasteiger partial charge in [0, 0.05) is 6.42 Å². The third kappa shape index (κ3) is 7.77. The van der Waals surface area contributed by atoms with E-state index < -0.39 is 40.2 Å². The highest BCUT2D eigenvalue weighted by atomic mass is 28.4. The maximum absolute atomic E-state index is 14.1. The summed E-state index contributed by atoms with van der Waals surface area (Å²) in [7, 11) is -6.07. The average molecular weight is 743 g/mol. The van der Waals surface area contributed by atoms with Crippen LogP contribution in [-0.2, 0) is 24.8 Å². The van der Waals surface area contributed by atoms with Crippen molar-refractivity contribution < 1.29 is 23.5 Å². The fourth-order valence-electron chi connectivity index (χ4n) is 8.33. The molecule has 1 aliphatic heterocycles. The van der Waals surface area contributed by atoms with Gasteiger partial charge in [0.15, 0.2) is 5.60 Å². The molecule has 6 rings (SSSR count). The molecule has 1 saturated heterocycles. The molecular weight excluding hydrogens is 689 g/mol. The lowest BCUT2D eigenvalue weighted by molar-refractivity contribution is -0.157. The second-order valence-electron chi connectivity index (χ2n) is 16.6. The Morgan fingerprint density at radius 3 is 1.25 bits per heavy atom. The van der Waals surface area contributed by atoms with Crippen LogP contribution in [0, 0.1) is 5.92 Å². The number of hydrogen-bond donors (Lipinski definition) is 1. The van der Waals surface area contributed by atoms with Gasteiger partial charge >= 0.3 is 5.97 Å². The van der Waals surface area contributed by atoms with Crippen LogP contribution in [0.15, 0.2) is 152 Å². The number of benzene rings is 5. The van der Waals surface area contributed by atoms with Crippen molar-refractivity contribution in [1.29, 1.82) is 0 Å². The first-order valence-corrected chi connectivity index (χ1v) is 22.6. The minimum atomic E-state index is -3.03. The summed E-state index contributed by atoms with van der Waals surface area (Å²) in [5.41, 5.74) is -0.183. The van der Waals surface area contributed by atoms with Crippen molar-refractivity contribution in [2.45, 2.75) is 76.2 Å². The van der Waals surface area contributed by atoms with Crippen LogP contribution in [0.4, 0.5) is 0 Å². The Balaban J connectivity index is 1.46. The number of carbonyl (C=O) groups excluding carboxylic acids is 1. The van der Waals surface area contributed by atoms with Crippen molar-refractivity contribution in [3.63, 3.8) is 0 Å². The van der Waals surface area contributed by atoms with Crippen LogP contribution in [-0.4, -0.2) is 52.6 Å². The lowest BCUT2D eigenvalue weighted by Crippen LogP contribution is -2.69. The SMILES string of the molecule is CC(C)(C)[Si](OCC1(CO[Si](c2ccccc2)(c2ccccc2)C(C)(C)C)CC(C(O)Cc2ccccc2)C(=O)O1)(c1ccccc1)c1ccccc1. The van der Waals surface area contributed by atoms with Crippen LogP contribution in [0.25, 0.3) is 0 Å². The normalized spacial score (nSPS) is 17.0. The summed E-state index contributed by atoms with van der Waals surface area (Å²) in [5.74, 6) is -1.15. The maximum atomic E-state index is 14.1. The highest BCUT2D eigenvalue weighted by Gasteiger charge is 2.57. The van der Waals surface area contributed by atoms with Gasteiger partial charge in [-0.2, -0.15) is 0 Å². The first kappa shape index (κ1) is 38.6. The number of esters is 1. The maximum Gasteiger partial charge on any atom is 0.312 e. The first-order chi connectivity index (χ1) is 25.3. The van der Waals surface area contributed by atoms with Gasteiger partial charge in [-0.15, -0.1) is 0 Å². The molecular formula is C46H54O5Si2. The van der Waals surface area contributed by atoms with Gasteiger partial charge in [0.25, 0.3) is 16.6 Å². The van der Waals surface area contributed by atoms with E-state index in [2.05, 4.69) is 139 Å². The number of ether oxygens (including phenoxy) is 1. The zero-order valence-corrected chi connectivity index (χ0v) is 34.0. The predicted octanol–water partition coefficient (Wildman–Crippen LogP) is 7.05. The molecule has 0 amide bonds. The molecule has 5 aromatic rings. The van der Waals surface area contributed by atoms with Gasteiger partial charge in [-0.1, -0.05) is 193 Å². The van der Waals surface area contributed by atoms with Crippen molar-refractivity contribution in [2.24, 2.45) is 5.92 Å². The molecule has 5 aromatic carbocycles. The summed E-state index contributed by atoms with van der Waals surface area (Å²) in [5, 5.41) is 15.7. The van der Waals surface area contributed by atoms with Gasteiger partial charge in [-0.3, -0.25) is 4.79 Å². The fourth-order valence-corrected chi connectivity index (χ4v) is 17.6. The van der Waals surface area contributed by atoms with Gasteiger partial charge in [0.2, 0.25) is 0 Å². The van der Waals surface area contributed by atoms with Crippen molar-refractivity contribution in [2.75, 3.05) is 13.2 Å². The smallest absolute Gasteiger partial charge is 0.312 e. The van der Waals surface area contributed by atoms with E-state index in [0.29, 0.717) is 6.42 Å². The molecule has 0 radical (unpaired) electrons. The van der Waals surface area contributed by atoms with Crippen LogP contribution in [0.2, 0.25) is 10.1 Å². The Bertz CT molecular complexity index is 1720. The van der Waals surface area contributed by atoms with Crippen LogP contribution in [0.5, 0.6) is 0 Å². The Morgan fingerprint density at radius 1 is 0.604 bits per heavy atom. The Hall–Kier alpha value is -4.12. The molecule has 0 aromatic heterocycles. The largest absolute Gasteiger partial charge is 0.454 e. The molecule has 276 valence electrons. The molecule has 53 heavy (non-hydrogen) atoms. The van der Waals surface area contributed by atoms with E-state index in [1.807, 2.05) is 54.6 Å².